The molecule has 0 radical (unpaired) electrons. The first-order valence-corrected chi connectivity index (χ1v) is 11.0. The predicted molar refractivity (Wildman–Crippen MR) is 131 cm³/mol. The third-order valence-electron chi connectivity index (χ3n) is 4.81. The van der Waals surface area contributed by atoms with Crippen molar-refractivity contribution in [3.8, 4) is 10.6 Å². The first-order chi connectivity index (χ1) is 15.5. The van der Waals surface area contributed by atoms with E-state index >= 15 is 0 Å². The van der Waals surface area contributed by atoms with Crippen LogP contribution in [0.2, 0.25) is 0 Å². The number of carbonyl (C=O) groups excluding carboxylic acids is 1. The first-order valence-electron chi connectivity index (χ1n) is 10.2. The highest BCUT2D eigenvalue weighted by atomic mass is 32.1. The first kappa shape index (κ1) is 21.5. The van der Waals surface area contributed by atoms with Crippen molar-refractivity contribution in [2.24, 2.45) is 0 Å². The van der Waals surface area contributed by atoms with Gasteiger partial charge in [0, 0.05) is 24.6 Å². The largest absolute Gasteiger partial charge is 0.365 e. The Hall–Kier alpha value is -3.78. The minimum Gasteiger partial charge on any atom is -0.365 e. The molecule has 7 nitrogen and oxygen atoms in total. The third kappa shape index (κ3) is 5.28. The molecule has 0 saturated heterocycles. The van der Waals surface area contributed by atoms with Gasteiger partial charge in [-0.2, -0.15) is 0 Å². The number of nitrogens with one attached hydrogen (secondary N) is 3. The van der Waals surface area contributed by atoms with E-state index in [2.05, 4.69) is 30.9 Å². The van der Waals surface area contributed by atoms with Crippen LogP contribution in [-0.2, 0) is 11.2 Å². The van der Waals surface area contributed by atoms with Gasteiger partial charge in [-0.05, 0) is 49.7 Å². The molecule has 0 aliphatic rings. The number of thiazole rings is 1. The van der Waals surface area contributed by atoms with Crippen molar-refractivity contribution < 1.29 is 4.79 Å². The minimum atomic E-state index is -0.0496. The van der Waals surface area contributed by atoms with Crippen LogP contribution in [0, 0.1) is 13.8 Å². The standard InChI is InChI=1S/C24H24N6OS/c1-15-4-6-17(7-5-15)14-21(31)28-18-8-10-19(11-9-18)29-23-26-13-12-20(30-23)22-16(2)27-24(25-3)32-22/h4-13H,14H2,1-3H3,(H,25,27)(H,28,31)(H,26,29,30). The van der Waals surface area contributed by atoms with Crippen LogP contribution in [0.25, 0.3) is 10.6 Å². The van der Waals surface area contributed by atoms with Crippen molar-refractivity contribution in [2.45, 2.75) is 20.3 Å². The molecule has 0 bridgehead atoms. The summed E-state index contributed by atoms with van der Waals surface area (Å²) in [6, 6.07) is 17.3. The zero-order chi connectivity index (χ0) is 22.5. The monoisotopic (exact) mass is 444 g/mol. The second kappa shape index (κ2) is 9.57. The topological polar surface area (TPSA) is 91.8 Å². The summed E-state index contributed by atoms with van der Waals surface area (Å²) in [4.78, 5) is 26.7. The highest BCUT2D eigenvalue weighted by molar-refractivity contribution is 7.19. The van der Waals surface area contributed by atoms with Crippen LogP contribution >= 0.6 is 11.3 Å². The number of anilines is 4. The fraction of sp³-hybridized carbons (Fsp3) is 0.167. The Kier molecular flexibility index (Phi) is 6.42. The van der Waals surface area contributed by atoms with Crippen LogP contribution in [-0.4, -0.2) is 27.9 Å². The lowest BCUT2D eigenvalue weighted by atomic mass is 10.1. The summed E-state index contributed by atoms with van der Waals surface area (Å²) in [5.74, 6) is 0.448. The van der Waals surface area contributed by atoms with Gasteiger partial charge < -0.3 is 16.0 Å². The summed E-state index contributed by atoms with van der Waals surface area (Å²) in [5.41, 5.74) is 5.48. The summed E-state index contributed by atoms with van der Waals surface area (Å²) in [5, 5.41) is 10.1. The Morgan fingerprint density at radius 1 is 0.938 bits per heavy atom. The molecule has 4 aromatic rings. The molecular weight excluding hydrogens is 420 g/mol. The van der Waals surface area contributed by atoms with Gasteiger partial charge in [-0.15, -0.1) is 0 Å². The third-order valence-corrected chi connectivity index (χ3v) is 6.01. The molecule has 0 spiro atoms. The second-order valence-corrected chi connectivity index (χ2v) is 8.36. The van der Waals surface area contributed by atoms with E-state index in [0.717, 1.165) is 38.3 Å². The number of benzene rings is 2. The van der Waals surface area contributed by atoms with E-state index in [1.807, 2.05) is 75.5 Å². The smallest absolute Gasteiger partial charge is 0.228 e. The maximum Gasteiger partial charge on any atom is 0.228 e. The van der Waals surface area contributed by atoms with Crippen molar-refractivity contribution in [1.29, 1.82) is 0 Å². The minimum absolute atomic E-state index is 0.0496. The molecule has 4 rings (SSSR count). The molecule has 162 valence electrons. The summed E-state index contributed by atoms with van der Waals surface area (Å²) < 4.78 is 0. The van der Waals surface area contributed by atoms with E-state index in [4.69, 9.17) is 0 Å². The number of carbonyl (C=O) groups is 1. The second-order valence-electron chi connectivity index (χ2n) is 7.36. The number of aryl methyl sites for hydroxylation is 2. The van der Waals surface area contributed by atoms with Crippen molar-refractivity contribution in [3.63, 3.8) is 0 Å². The molecule has 0 aliphatic carbocycles. The highest BCUT2D eigenvalue weighted by Gasteiger charge is 2.11. The van der Waals surface area contributed by atoms with Gasteiger partial charge in [-0.25, -0.2) is 15.0 Å². The van der Waals surface area contributed by atoms with E-state index in [-0.39, 0.29) is 5.91 Å². The molecule has 32 heavy (non-hydrogen) atoms. The van der Waals surface area contributed by atoms with Gasteiger partial charge in [-0.1, -0.05) is 41.2 Å². The normalized spacial score (nSPS) is 10.6. The van der Waals surface area contributed by atoms with E-state index in [1.54, 1.807) is 17.5 Å². The molecule has 3 N–H and O–H groups in total. The molecule has 1 amide bonds. The molecule has 0 fully saturated rings. The maximum atomic E-state index is 12.3. The average Bonchev–Trinajstić information content (AvgIpc) is 3.18. The summed E-state index contributed by atoms with van der Waals surface area (Å²) in [6.45, 7) is 3.99. The molecule has 2 aromatic carbocycles. The van der Waals surface area contributed by atoms with Crippen LogP contribution in [0.15, 0.2) is 60.8 Å². The van der Waals surface area contributed by atoms with Gasteiger partial charge in [0.15, 0.2) is 5.13 Å². The molecule has 8 heteroatoms. The number of nitrogens with zero attached hydrogens (tertiary/aromatic N) is 3. The molecular formula is C24H24N6OS. The number of amides is 1. The predicted octanol–water partition coefficient (Wildman–Crippen LogP) is 5.18. The van der Waals surface area contributed by atoms with Gasteiger partial charge in [0.1, 0.15) is 0 Å². The SMILES string of the molecule is CNc1nc(C)c(-c2ccnc(Nc3ccc(NC(=O)Cc4ccc(C)cc4)cc3)n2)s1. The van der Waals surface area contributed by atoms with Crippen molar-refractivity contribution >= 4 is 39.7 Å². The summed E-state index contributed by atoms with van der Waals surface area (Å²) in [6.07, 6.45) is 2.07. The van der Waals surface area contributed by atoms with Crippen molar-refractivity contribution in [3.05, 3.63) is 77.6 Å². The summed E-state index contributed by atoms with van der Waals surface area (Å²) >= 11 is 1.56. The van der Waals surface area contributed by atoms with E-state index in [0.29, 0.717) is 12.4 Å². The van der Waals surface area contributed by atoms with Crippen LogP contribution < -0.4 is 16.0 Å². The number of rotatable bonds is 7. The number of hydrogen-bond acceptors (Lipinski definition) is 7. The quantitative estimate of drug-likeness (QED) is 0.364. The Balaban J connectivity index is 1.40. The highest BCUT2D eigenvalue weighted by Crippen LogP contribution is 2.31. The van der Waals surface area contributed by atoms with Crippen LogP contribution in [0.4, 0.5) is 22.5 Å². The molecule has 0 atom stereocenters. The van der Waals surface area contributed by atoms with Crippen LogP contribution in [0.5, 0.6) is 0 Å². The average molecular weight is 445 g/mol. The molecule has 0 saturated carbocycles. The number of aromatic nitrogens is 3. The fourth-order valence-corrected chi connectivity index (χ4v) is 4.04. The Morgan fingerprint density at radius 3 is 2.34 bits per heavy atom. The summed E-state index contributed by atoms with van der Waals surface area (Å²) in [7, 11) is 1.85. The van der Waals surface area contributed by atoms with Gasteiger partial charge >= 0.3 is 0 Å². The molecule has 2 aromatic heterocycles. The fourth-order valence-electron chi connectivity index (χ4n) is 3.15. The van der Waals surface area contributed by atoms with Gasteiger partial charge in [0.2, 0.25) is 11.9 Å². The zero-order valence-electron chi connectivity index (χ0n) is 18.1. The number of hydrogen-bond donors (Lipinski definition) is 3. The molecule has 2 heterocycles. The van der Waals surface area contributed by atoms with E-state index in [1.165, 1.54) is 5.56 Å². The lowest BCUT2D eigenvalue weighted by Gasteiger charge is -2.09. The van der Waals surface area contributed by atoms with E-state index in [9.17, 15) is 4.79 Å². The van der Waals surface area contributed by atoms with Gasteiger partial charge in [0.05, 0.1) is 22.7 Å². The Bertz CT molecular complexity index is 1220. The maximum absolute atomic E-state index is 12.3. The lowest BCUT2D eigenvalue weighted by molar-refractivity contribution is -0.115. The van der Waals surface area contributed by atoms with Crippen LogP contribution in [0.3, 0.4) is 0 Å². The van der Waals surface area contributed by atoms with Crippen molar-refractivity contribution in [1.82, 2.24) is 15.0 Å². The van der Waals surface area contributed by atoms with E-state index < -0.39 is 0 Å². The molecule has 0 unspecified atom stereocenters. The molecule has 0 aliphatic heterocycles. The van der Waals surface area contributed by atoms with Gasteiger partial charge in [-0.3, -0.25) is 4.79 Å². The lowest BCUT2D eigenvalue weighted by Crippen LogP contribution is -2.14. The van der Waals surface area contributed by atoms with Gasteiger partial charge in [0.25, 0.3) is 0 Å². The van der Waals surface area contributed by atoms with Crippen molar-refractivity contribution in [2.75, 3.05) is 23.0 Å². The zero-order valence-corrected chi connectivity index (χ0v) is 19.0. The Labute approximate surface area is 191 Å². The van der Waals surface area contributed by atoms with Crippen LogP contribution in [0.1, 0.15) is 16.8 Å². The Morgan fingerprint density at radius 2 is 1.66 bits per heavy atom.